The molecule has 2 aromatic carbocycles. The van der Waals surface area contributed by atoms with Gasteiger partial charge in [0.2, 0.25) is 5.95 Å². The van der Waals surface area contributed by atoms with Crippen LogP contribution in [0.4, 0.5) is 23.1 Å². The second kappa shape index (κ2) is 8.05. The maximum atomic E-state index is 12.2. The van der Waals surface area contributed by atoms with E-state index in [1.54, 1.807) is 24.3 Å². The molecule has 0 fully saturated rings. The molecule has 0 bridgehead atoms. The Kier molecular flexibility index (Phi) is 5.57. The molecule has 3 aromatic rings. The van der Waals surface area contributed by atoms with Crippen LogP contribution in [0.2, 0.25) is 5.02 Å². The third-order valence-electron chi connectivity index (χ3n) is 3.80. The molecule has 1 amide bonds. The molecule has 0 aliphatic carbocycles. The fraction of sp³-hybridized carbons (Fsp3) is 0.150. The van der Waals surface area contributed by atoms with Crippen LogP contribution in [0.5, 0.6) is 0 Å². The number of nitrogens with one attached hydrogen (secondary N) is 2. The maximum Gasteiger partial charge on any atom is 0.255 e. The van der Waals surface area contributed by atoms with Crippen molar-refractivity contribution in [2.24, 2.45) is 0 Å². The number of carbonyl (C=O) groups is 1. The quantitative estimate of drug-likeness (QED) is 0.680. The normalized spacial score (nSPS) is 10.4. The molecule has 0 radical (unpaired) electrons. The van der Waals surface area contributed by atoms with Crippen molar-refractivity contribution >= 4 is 40.6 Å². The van der Waals surface area contributed by atoms with Gasteiger partial charge in [-0.25, -0.2) is 4.98 Å². The summed E-state index contributed by atoms with van der Waals surface area (Å²) in [4.78, 5) is 23.0. The Labute approximate surface area is 163 Å². The van der Waals surface area contributed by atoms with Gasteiger partial charge in [0, 0.05) is 47.8 Å². The molecule has 0 unspecified atom stereocenters. The van der Waals surface area contributed by atoms with Gasteiger partial charge in [0.25, 0.3) is 5.91 Å². The molecule has 138 valence electrons. The van der Waals surface area contributed by atoms with E-state index in [0.717, 1.165) is 17.2 Å². The number of aromatic nitrogens is 2. The van der Waals surface area contributed by atoms with E-state index in [0.29, 0.717) is 22.2 Å². The molecule has 3 rings (SSSR count). The van der Waals surface area contributed by atoms with E-state index in [-0.39, 0.29) is 5.91 Å². The summed E-state index contributed by atoms with van der Waals surface area (Å²) in [5, 5.41) is 6.63. The molecule has 0 atom stereocenters. The number of carbonyl (C=O) groups excluding carboxylic acids is 1. The van der Waals surface area contributed by atoms with Crippen LogP contribution in [0.1, 0.15) is 16.1 Å². The van der Waals surface area contributed by atoms with Gasteiger partial charge in [0.15, 0.2) is 0 Å². The molecule has 1 heterocycles. The monoisotopic (exact) mass is 381 g/mol. The summed E-state index contributed by atoms with van der Waals surface area (Å²) in [5.74, 6) is 1.17. The van der Waals surface area contributed by atoms with Crippen LogP contribution in [-0.4, -0.2) is 30.0 Å². The minimum absolute atomic E-state index is 0.190. The maximum absolute atomic E-state index is 12.2. The third kappa shape index (κ3) is 4.95. The van der Waals surface area contributed by atoms with E-state index in [4.69, 9.17) is 11.6 Å². The van der Waals surface area contributed by atoms with E-state index >= 15 is 0 Å². The molecule has 7 heteroatoms. The molecule has 0 aliphatic rings. The standard InChI is InChI=1S/C20H20ClN5O/c1-13-12-18(26(2)3)25-20(22-13)24-17-10-8-16(9-11-17)23-19(27)14-4-6-15(21)7-5-14/h4-12H,1-3H3,(H,23,27)(H,22,24,25). The number of amides is 1. The molecule has 0 spiro atoms. The van der Waals surface area contributed by atoms with Crippen LogP contribution >= 0.6 is 11.6 Å². The minimum Gasteiger partial charge on any atom is -0.363 e. The lowest BCUT2D eigenvalue weighted by Crippen LogP contribution is -2.13. The number of benzene rings is 2. The van der Waals surface area contributed by atoms with Crippen LogP contribution in [0.25, 0.3) is 0 Å². The van der Waals surface area contributed by atoms with Crippen LogP contribution in [0.3, 0.4) is 0 Å². The molecule has 0 saturated carbocycles. The van der Waals surface area contributed by atoms with Crippen molar-refractivity contribution in [2.45, 2.75) is 6.92 Å². The lowest BCUT2D eigenvalue weighted by Gasteiger charge is -2.14. The van der Waals surface area contributed by atoms with Crippen molar-refractivity contribution in [3.63, 3.8) is 0 Å². The average molecular weight is 382 g/mol. The van der Waals surface area contributed by atoms with Crippen molar-refractivity contribution in [2.75, 3.05) is 29.6 Å². The highest BCUT2D eigenvalue weighted by Gasteiger charge is 2.07. The van der Waals surface area contributed by atoms with Crippen molar-refractivity contribution in [3.8, 4) is 0 Å². The van der Waals surface area contributed by atoms with Gasteiger partial charge in [-0.1, -0.05) is 11.6 Å². The van der Waals surface area contributed by atoms with Crippen LogP contribution in [0, 0.1) is 6.92 Å². The second-order valence-electron chi connectivity index (χ2n) is 6.25. The molecule has 1 aromatic heterocycles. The summed E-state index contributed by atoms with van der Waals surface area (Å²) in [6.07, 6.45) is 0. The first kappa shape index (κ1) is 18.7. The highest BCUT2D eigenvalue weighted by atomic mass is 35.5. The van der Waals surface area contributed by atoms with Crippen molar-refractivity contribution < 1.29 is 4.79 Å². The van der Waals surface area contributed by atoms with Gasteiger partial charge in [0.05, 0.1) is 0 Å². The molecule has 0 saturated heterocycles. The summed E-state index contributed by atoms with van der Waals surface area (Å²) in [7, 11) is 3.87. The minimum atomic E-state index is -0.190. The first-order valence-electron chi connectivity index (χ1n) is 8.38. The Balaban J connectivity index is 1.68. The first-order valence-corrected chi connectivity index (χ1v) is 8.75. The van der Waals surface area contributed by atoms with Gasteiger partial charge in [-0.15, -0.1) is 0 Å². The lowest BCUT2D eigenvalue weighted by molar-refractivity contribution is 0.102. The second-order valence-corrected chi connectivity index (χ2v) is 6.69. The zero-order chi connectivity index (χ0) is 19.4. The number of rotatable bonds is 5. The Morgan fingerprint density at radius 3 is 2.22 bits per heavy atom. The van der Waals surface area contributed by atoms with Gasteiger partial charge in [-0.2, -0.15) is 4.98 Å². The molecule has 6 nitrogen and oxygen atoms in total. The third-order valence-corrected chi connectivity index (χ3v) is 4.06. The smallest absolute Gasteiger partial charge is 0.255 e. The van der Waals surface area contributed by atoms with Crippen molar-refractivity contribution in [1.82, 2.24) is 9.97 Å². The zero-order valence-corrected chi connectivity index (χ0v) is 16.1. The van der Waals surface area contributed by atoms with E-state index in [2.05, 4.69) is 20.6 Å². The van der Waals surface area contributed by atoms with Gasteiger partial charge < -0.3 is 15.5 Å². The average Bonchev–Trinajstić information content (AvgIpc) is 2.63. The molecular formula is C20H20ClN5O. The highest BCUT2D eigenvalue weighted by molar-refractivity contribution is 6.30. The van der Waals surface area contributed by atoms with Crippen molar-refractivity contribution in [3.05, 3.63) is 70.9 Å². The van der Waals surface area contributed by atoms with Gasteiger partial charge >= 0.3 is 0 Å². The van der Waals surface area contributed by atoms with Gasteiger partial charge in [0.1, 0.15) is 5.82 Å². The largest absolute Gasteiger partial charge is 0.363 e. The Morgan fingerprint density at radius 2 is 1.59 bits per heavy atom. The van der Waals surface area contributed by atoms with Gasteiger partial charge in [-0.3, -0.25) is 4.79 Å². The summed E-state index contributed by atoms with van der Waals surface area (Å²) in [6.45, 7) is 1.93. The predicted molar refractivity (Wildman–Crippen MR) is 110 cm³/mol. The topological polar surface area (TPSA) is 70.2 Å². The van der Waals surface area contributed by atoms with Crippen LogP contribution in [0.15, 0.2) is 54.6 Å². The molecule has 27 heavy (non-hydrogen) atoms. The Hall–Kier alpha value is -3.12. The zero-order valence-electron chi connectivity index (χ0n) is 15.3. The fourth-order valence-corrected chi connectivity index (χ4v) is 2.53. The van der Waals surface area contributed by atoms with Crippen molar-refractivity contribution in [1.29, 1.82) is 0 Å². The van der Waals surface area contributed by atoms with Crippen LogP contribution in [-0.2, 0) is 0 Å². The number of anilines is 4. The fourth-order valence-electron chi connectivity index (χ4n) is 2.41. The summed E-state index contributed by atoms with van der Waals surface area (Å²) in [5.41, 5.74) is 2.95. The van der Waals surface area contributed by atoms with E-state index in [1.165, 1.54) is 0 Å². The summed E-state index contributed by atoms with van der Waals surface area (Å²) < 4.78 is 0. The summed E-state index contributed by atoms with van der Waals surface area (Å²) in [6, 6.07) is 16.0. The first-order chi connectivity index (χ1) is 12.9. The number of halogens is 1. The number of hydrogen-bond acceptors (Lipinski definition) is 5. The SMILES string of the molecule is Cc1cc(N(C)C)nc(Nc2ccc(NC(=O)c3ccc(Cl)cc3)cc2)n1. The Bertz CT molecular complexity index is 940. The van der Waals surface area contributed by atoms with Gasteiger partial charge in [-0.05, 0) is 55.5 Å². The highest BCUT2D eigenvalue weighted by Crippen LogP contribution is 2.20. The van der Waals surface area contributed by atoms with E-state index < -0.39 is 0 Å². The number of hydrogen-bond donors (Lipinski definition) is 2. The van der Waals surface area contributed by atoms with E-state index in [9.17, 15) is 4.79 Å². The lowest BCUT2D eigenvalue weighted by atomic mass is 10.2. The Morgan fingerprint density at radius 1 is 0.963 bits per heavy atom. The number of aryl methyl sites for hydroxylation is 1. The predicted octanol–water partition coefficient (Wildman–Crippen LogP) is 4.50. The van der Waals surface area contributed by atoms with Crippen LogP contribution < -0.4 is 15.5 Å². The molecule has 2 N–H and O–H groups in total. The molecule has 0 aliphatic heterocycles. The molecular weight excluding hydrogens is 362 g/mol. The van der Waals surface area contributed by atoms with E-state index in [1.807, 2.05) is 56.3 Å². The number of nitrogens with zero attached hydrogens (tertiary/aromatic N) is 3. The summed E-state index contributed by atoms with van der Waals surface area (Å²) >= 11 is 5.85.